The van der Waals surface area contributed by atoms with Crippen LogP contribution in [-0.4, -0.2) is 26.8 Å². The van der Waals surface area contributed by atoms with Gasteiger partial charge in [0.05, 0.1) is 10.5 Å². The third-order valence-corrected chi connectivity index (χ3v) is 5.55. The van der Waals surface area contributed by atoms with Gasteiger partial charge in [0.2, 0.25) is 15.9 Å². The number of hydrogen-bond donors (Lipinski definition) is 3. The van der Waals surface area contributed by atoms with Gasteiger partial charge in [-0.05, 0) is 55.7 Å². The molecule has 0 fully saturated rings. The SMILES string of the molecule is Cc1ccc(S(=O)(=O)NCCCC(=O)NNC(=O)c2ccccc2F)cc1C. The maximum atomic E-state index is 13.5. The number of benzene rings is 2. The smallest absolute Gasteiger partial charge is 0.272 e. The van der Waals surface area contributed by atoms with Gasteiger partial charge in [-0.3, -0.25) is 20.4 Å². The molecule has 2 aromatic rings. The molecule has 28 heavy (non-hydrogen) atoms. The Morgan fingerprint density at radius 1 is 1.00 bits per heavy atom. The first-order valence-electron chi connectivity index (χ1n) is 8.61. The largest absolute Gasteiger partial charge is 0.273 e. The minimum atomic E-state index is -3.66. The van der Waals surface area contributed by atoms with Crippen molar-refractivity contribution < 1.29 is 22.4 Å². The van der Waals surface area contributed by atoms with Crippen molar-refractivity contribution >= 4 is 21.8 Å². The molecule has 0 radical (unpaired) electrons. The van der Waals surface area contributed by atoms with E-state index in [9.17, 15) is 22.4 Å². The summed E-state index contributed by atoms with van der Waals surface area (Å²) in [5, 5.41) is 0. The number of sulfonamides is 1. The Hall–Kier alpha value is -2.78. The number of halogens is 1. The molecule has 0 atom stereocenters. The fourth-order valence-corrected chi connectivity index (χ4v) is 3.48. The van der Waals surface area contributed by atoms with Gasteiger partial charge in [0, 0.05) is 13.0 Å². The van der Waals surface area contributed by atoms with Crippen LogP contribution in [0.15, 0.2) is 47.4 Å². The summed E-state index contributed by atoms with van der Waals surface area (Å²) < 4.78 is 40.4. The lowest BCUT2D eigenvalue weighted by Crippen LogP contribution is -2.42. The van der Waals surface area contributed by atoms with Crippen molar-refractivity contribution in [1.29, 1.82) is 0 Å². The van der Waals surface area contributed by atoms with Gasteiger partial charge in [0.25, 0.3) is 5.91 Å². The van der Waals surface area contributed by atoms with Crippen LogP contribution in [0.25, 0.3) is 0 Å². The molecule has 9 heteroatoms. The zero-order valence-electron chi connectivity index (χ0n) is 15.6. The fourth-order valence-electron chi connectivity index (χ4n) is 2.32. The number of carbonyl (C=O) groups excluding carboxylic acids is 2. The highest BCUT2D eigenvalue weighted by molar-refractivity contribution is 7.89. The zero-order valence-corrected chi connectivity index (χ0v) is 16.4. The first-order valence-corrected chi connectivity index (χ1v) is 10.1. The lowest BCUT2D eigenvalue weighted by atomic mass is 10.1. The zero-order chi connectivity index (χ0) is 20.7. The van der Waals surface area contributed by atoms with E-state index in [0.29, 0.717) is 0 Å². The molecular weight excluding hydrogens is 385 g/mol. The number of carbonyl (C=O) groups is 2. The maximum Gasteiger partial charge on any atom is 0.272 e. The topological polar surface area (TPSA) is 104 Å². The molecule has 2 amide bonds. The van der Waals surface area contributed by atoms with E-state index >= 15 is 0 Å². The lowest BCUT2D eigenvalue weighted by molar-refractivity contribution is -0.121. The highest BCUT2D eigenvalue weighted by Gasteiger charge is 2.15. The number of rotatable bonds is 7. The molecule has 150 valence electrons. The number of aryl methyl sites for hydroxylation is 2. The van der Waals surface area contributed by atoms with Crippen LogP contribution in [0.5, 0.6) is 0 Å². The standard InChI is InChI=1S/C19H22FN3O4S/c1-13-9-10-15(12-14(13)2)28(26,27)21-11-5-8-18(24)22-23-19(25)16-6-3-4-7-17(16)20/h3-4,6-7,9-10,12,21H,5,8,11H2,1-2H3,(H,22,24)(H,23,25). The second-order valence-electron chi connectivity index (χ2n) is 6.23. The molecule has 0 saturated heterocycles. The van der Waals surface area contributed by atoms with Crippen molar-refractivity contribution in [3.63, 3.8) is 0 Å². The Bertz CT molecular complexity index is 977. The summed E-state index contributed by atoms with van der Waals surface area (Å²) >= 11 is 0. The Labute approximate surface area is 163 Å². The van der Waals surface area contributed by atoms with E-state index in [4.69, 9.17) is 0 Å². The molecule has 0 saturated carbocycles. The maximum absolute atomic E-state index is 13.5. The third kappa shape index (κ3) is 5.86. The minimum absolute atomic E-state index is 0.0208. The molecule has 0 aliphatic rings. The second-order valence-corrected chi connectivity index (χ2v) is 8.00. The van der Waals surface area contributed by atoms with Crippen LogP contribution in [0.2, 0.25) is 0 Å². The molecule has 0 aliphatic heterocycles. The number of amides is 2. The molecule has 0 unspecified atom stereocenters. The van der Waals surface area contributed by atoms with E-state index in [-0.39, 0.29) is 29.8 Å². The Balaban J connectivity index is 1.75. The van der Waals surface area contributed by atoms with Crippen molar-refractivity contribution in [2.45, 2.75) is 31.6 Å². The van der Waals surface area contributed by atoms with E-state index < -0.39 is 27.7 Å². The number of hydrogen-bond acceptors (Lipinski definition) is 4. The van der Waals surface area contributed by atoms with Crippen molar-refractivity contribution in [3.8, 4) is 0 Å². The highest BCUT2D eigenvalue weighted by Crippen LogP contribution is 2.14. The first kappa shape index (κ1) is 21.5. The van der Waals surface area contributed by atoms with Crippen molar-refractivity contribution in [2.75, 3.05) is 6.54 Å². The van der Waals surface area contributed by atoms with Crippen molar-refractivity contribution in [1.82, 2.24) is 15.6 Å². The summed E-state index contributed by atoms with van der Waals surface area (Å²) in [6, 6.07) is 10.2. The van der Waals surface area contributed by atoms with Gasteiger partial charge < -0.3 is 0 Å². The van der Waals surface area contributed by atoms with E-state index in [1.165, 1.54) is 24.3 Å². The van der Waals surface area contributed by atoms with E-state index in [0.717, 1.165) is 17.2 Å². The van der Waals surface area contributed by atoms with Gasteiger partial charge in [-0.15, -0.1) is 0 Å². The summed E-state index contributed by atoms with van der Waals surface area (Å²) in [4.78, 5) is 23.7. The van der Waals surface area contributed by atoms with Crippen LogP contribution in [-0.2, 0) is 14.8 Å². The second kappa shape index (κ2) is 9.43. The summed E-state index contributed by atoms with van der Waals surface area (Å²) in [5.41, 5.74) is 5.96. The Morgan fingerprint density at radius 3 is 2.39 bits per heavy atom. The Kier molecular flexibility index (Phi) is 7.24. The minimum Gasteiger partial charge on any atom is -0.273 e. The molecule has 0 heterocycles. The highest BCUT2D eigenvalue weighted by atomic mass is 32.2. The van der Waals surface area contributed by atoms with Gasteiger partial charge in [-0.2, -0.15) is 0 Å². The molecule has 2 aromatic carbocycles. The Morgan fingerprint density at radius 2 is 1.71 bits per heavy atom. The summed E-state index contributed by atoms with van der Waals surface area (Å²) in [5.74, 6) is -1.99. The molecule has 0 aliphatic carbocycles. The third-order valence-electron chi connectivity index (χ3n) is 4.10. The van der Waals surface area contributed by atoms with Crippen LogP contribution < -0.4 is 15.6 Å². The molecule has 7 nitrogen and oxygen atoms in total. The van der Waals surface area contributed by atoms with E-state index in [2.05, 4.69) is 15.6 Å². The molecule has 0 spiro atoms. The van der Waals surface area contributed by atoms with Crippen LogP contribution in [0, 0.1) is 19.7 Å². The average Bonchev–Trinajstić information content (AvgIpc) is 2.65. The van der Waals surface area contributed by atoms with Crippen LogP contribution in [0.4, 0.5) is 4.39 Å². The van der Waals surface area contributed by atoms with Crippen molar-refractivity contribution in [2.24, 2.45) is 0 Å². The number of nitrogens with one attached hydrogen (secondary N) is 3. The molecule has 3 N–H and O–H groups in total. The fraction of sp³-hybridized carbons (Fsp3) is 0.263. The first-order chi connectivity index (χ1) is 13.2. The summed E-state index contributed by atoms with van der Waals surface area (Å²) in [6.45, 7) is 3.78. The summed E-state index contributed by atoms with van der Waals surface area (Å²) in [6.07, 6.45) is 0.207. The summed E-state index contributed by atoms with van der Waals surface area (Å²) in [7, 11) is -3.66. The van der Waals surface area contributed by atoms with Gasteiger partial charge in [0.15, 0.2) is 0 Å². The predicted octanol–water partition coefficient (Wildman–Crippen LogP) is 1.96. The van der Waals surface area contributed by atoms with E-state index in [1.54, 1.807) is 12.1 Å². The molecule has 0 bridgehead atoms. The molecule has 0 aromatic heterocycles. The lowest BCUT2D eigenvalue weighted by Gasteiger charge is -2.10. The molecule has 2 rings (SSSR count). The van der Waals surface area contributed by atoms with Gasteiger partial charge >= 0.3 is 0 Å². The van der Waals surface area contributed by atoms with Crippen LogP contribution in [0.1, 0.15) is 34.3 Å². The van der Waals surface area contributed by atoms with E-state index in [1.807, 2.05) is 13.8 Å². The van der Waals surface area contributed by atoms with Gasteiger partial charge in [-0.1, -0.05) is 18.2 Å². The van der Waals surface area contributed by atoms with Crippen LogP contribution >= 0.6 is 0 Å². The van der Waals surface area contributed by atoms with Gasteiger partial charge in [0.1, 0.15) is 5.82 Å². The van der Waals surface area contributed by atoms with Crippen LogP contribution in [0.3, 0.4) is 0 Å². The monoisotopic (exact) mass is 407 g/mol. The number of hydrazine groups is 1. The quantitative estimate of drug-likeness (QED) is 0.482. The van der Waals surface area contributed by atoms with Gasteiger partial charge in [-0.25, -0.2) is 17.5 Å². The molecular formula is C19H22FN3O4S. The van der Waals surface area contributed by atoms with Crippen molar-refractivity contribution in [3.05, 3.63) is 65.0 Å². The average molecular weight is 407 g/mol. The normalized spacial score (nSPS) is 11.1. The predicted molar refractivity (Wildman–Crippen MR) is 102 cm³/mol.